The molecule has 1 aromatic rings. The minimum Gasteiger partial charge on any atom is -0.396 e. The van der Waals surface area contributed by atoms with Gasteiger partial charge < -0.3 is 5.11 Å². The summed E-state index contributed by atoms with van der Waals surface area (Å²) >= 11 is 5.82. The van der Waals surface area contributed by atoms with Gasteiger partial charge in [0.1, 0.15) is 0 Å². The van der Waals surface area contributed by atoms with Crippen LogP contribution < -0.4 is 4.72 Å². The van der Waals surface area contributed by atoms with Crippen molar-refractivity contribution in [1.29, 1.82) is 0 Å². The number of nitro benzene ring substituents is 1. The molecule has 1 unspecified atom stereocenters. The van der Waals surface area contributed by atoms with E-state index in [1.165, 1.54) is 6.92 Å². The molecule has 0 heterocycles. The van der Waals surface area contributed by atoms with Crippen molar-refractivity contribution in [2.45, 2.75) is 18.7 Å². The van der Waals surface area contributed by atoms with Crippen LogP contribution in [0.5, 0.6) is 0 Å². The van der Waals surface area contributed by atoms with E-state index in [4.69, 9.17) is 16.7 Å². The standard InChI is InChI=1S/C11H15ClN2O5S/c1-7(6-15)5-13-20(18,19)9-3-10(12)8(2)11(4-9)14(16)17/h3-4,7,13,15H,5-6H2,1-2H3. The average molecular weight is 323 g/mol. The molecule has 1 aromatic carbocycles. The zero-order valence-corrected chi connectivity index (χ0v) is 12.5. The molecular formula is C11H15ClN2O5S. The van der Waals surface area contributed by atoms with Gasteiger partial charge >= 0.3 is 0 Å². The van der Waals surface area contributed by atoms with Gasteiger partial charge in [-0.3, -0.25) is 10.1 Å². The lowest BCUT2D eigenvalue weighted by Crippen LogP contribution is -2.29. The summed E-state index contributed by atoms with van der Waals surface area (Å²) < 4.78 is 26.3. The Morgan fingerprint density at radius 1 is 1.50 bits per heavy atom. The number of sulfonamides is 1. The number of aliphatic hydroxyl groups is 1. The lowest BCUT2D eigenvalue weighted by Gasteiger charge is -2.11. The minimum atomic E-state index is -3.91. The Morgan fingerprint density at radius 2 is 2.10 bits per heavy atom. The number of nitro groups is 1. The van der Waals surface area contributed by atoms with Crippen LogP contribution in [0.3, 0.4) is 0 Å². The molecular weight excluding hydrogens is 308 g/mol. The fourth-order valence-electron chi connectivity index (χ4n) is 1.38. The molecule has 0 fully saturated rings. The van der Waals surface area contributed by atoms with Crippen LogP contribution in [-0.2, 0) is 10.0 Å². The van der Waals surface area contributed by atoms with Crippen LogP contribution in [0.25, 0.3) is 0 Å². The zero-order chi connectivity index (χ0) is 15.5. The Balaban J connectivity index is 3.16. The maximum absolute atomic E-state index is 12.0. The van der Waals surface area contributed by atoms with Gasteiger partial charge in [-0.1, -0.05) is 18.5 Å². The minimum absolute atomic E-state index is 0.00906. The predicted molar refractivity (Wildman–Crippen MR) is 74.3 cm³/mol. The van der Waals surface area contributed by atoms with E-state index in [1.807, 2.05) is 0 Å². The number of aliphatic hydroxyl groups excluding tert-OH is 1. The lowest BCUT2D eigenvalue weighted by molar-refractivity contribution is -0.385. The average Bonchev–Trinajstić information content (AvgIpc) is 2.38. The third kappa shape index (κ3) is 3.89. The van der Waals surface area contributed by atoms with Crippen molar-refractivity contribution in [3.63, 3.8) is 0 Å². The summed E-state index contributed by atoms with van der Waals surface area (Å²) in [7, 11) is -3.91. The van der Waals surface area contributed by atoms with Gasteiger partial charge in [0, 0.05) is 24.8 Å². The Kier molecular flexibility index (Phi) is 5.46. The van der Waals surface area contributed by atoms with Gasteiger partial charge in [-0.05, 0) is 18.9 Å². The van der Waals surface area contributed by atoms with E-state index in [-0.39, 0.29) is 40.2 Å². The molecule has 9 heteroatoms. The van der Waals surface area contributed by atoms with Gasteiger partial charge in [0.25, 0.3) is 5.69 Å². The van der Waals surface area contributed by atoms with Gasteiger partial charge in [0.05, 0.1) is 14.8 Å². The Bertz CT molecular complexity index is 617. The van der Waals surface area contributed by atoms with E-state index < -0.39 is 14.9 Å². The van der Waals surface area contributed by atoms with Crippen LogP contribution in [0.1, 0.15) is 12.5 Å². The largest absolute Gasteiger partial charge is 0.396 e. The first-order valence-electron chi connectivity index (χ1n) is 5.74. The van der Waals surface area contributed by atoms with Crippen molar-refractivity contribution in [2.24, 2.45) is 5.92 Å². The fourth-order valence-corrected chi connectivity index (χ4v) is 2.87. The molecule has 112 valence electrons. The van der Waals surface area contributed by atoms with Gasteiger partial charge in [-0.2, -0.15) is 0 Å². The first-order valence-corrected chi connectivity index (χ1v) is 7.60. The van der Waals surface area contributed by atoms with Crippen LogP contribution in [0.15, 0.2) is 17.0 Å². The molecule has 0 aromatic heterocycles. The summed E-state index contributed by atoms with van der Waals surface area (Å²) in [5, 5.41) is 19.7. The zero-order valence-electron chi connectivity index (χ0n) is 11.0. The number of nitrogens with zero attached hydrogens (tertiary/aromatic N) is 1. The molecule has 0 aliphatic carbocycles. The highest BCUT2D eigenvalue weighted by Gasteiger charge is 2.22. The van der Waals surface area contributed by atoms with E-state index in [9.17, 15) is 18.5 Å². The SMILES string of the molecule is Cc1c(Cl)cc(S(=O)(=O)NCC(C)CO)cc1[N+](=O)[O-]. The maximum atomic E-state index is 12.0. The third-order valence-electron chi connectivity index (χ3n) is 2.73. The molecule has 2 N–H and O–H groups in total. The number of rotatable bonds is 6. The smallest absolute Gasteiger partial charge is 0.275 e. The molecule has 0 radical (unpaired) electrons. The van der Waals surface area contributed by atoms with E-state index in [1.54, 1.807) is 6.92 Å². The normalized spacial score (nSPS) is 13.2. The Morgan fingerprint density at radius 3 is 2.60 bits per heavy atom. The monoisotopic (exact) mass is 322 g/mol. The van der Waals surface area contributed by atoms with Crippen molar-refractivity contribution in [3.05, 3.63) is 32.8 Å². The van der Waals surface area contributed by atoms with Gasteiger partial charge in [0.15, 0.2) is 0 Å². The van der Waals surface area contributed by atoms with Crippen molar-refractivity contribution in [1.82, 2.24) is 4.72 Å². The molecule has 0 bridgehead atoms. The summed E-state index contributed by atoms with van der Waals surface area (Å²) in [6, 6.07) is 2.13. The molecule has 7 nitrogen and oxygen atoms in total. The second-order valence-electron chi connectivity index (χ2n) is 4.45. The molecule has 0 aliphatic rings. The highest BCUT2D eigenvalue weighted by molar-refractivity contribution is 7.89. The second kappa shape index (κ2) is 6.49. The van der Waals surface area contributed by atoms with E-state index >= 15 is 0 Å². The third-order valence-corrected chi connectivity index (χ3v) is 4.53. The summed E-state index contributed by atoms with van der Waals surface area (Å²) in [4.78, 5) is 9.91. The van der Waals surface area contributed by atoms with Crippen molar-refractivity contribution >= 4 is 27.3 Å². The van der Waals surface area contributed by atoms with Crippen molar-refractivity contribution in [2.75, 3.05) is 13.2 Å². The van der Waals surface area contributed by atoms with Gasteiger partial charge in [-0.15, -0.1) is 0 Å². The summed E-state index contributed by atoms with van der Waals surface area (Å²) in [5.74, 6) is -0.263. The Labute approximate surface area is 121 Å². The van der Waals surface area contributed by atoms with E-state index in [0.29, 0.717) is 0 Å². The molecule has 0 saturated heterocycles. The molecule has 0 aliphatic heterocycles. The topological polar surface area (TPSA) is 110 Å². The highest BCUT2D eigenvalue weighted by atomic mass is 35.5. The molecule has 20 heavy (non-hydrogen) atoms. The number of hydrogen-bond donors (Lipinski definition) is 2. The molecule has 1 rings (SSSR count). The second-order valence-corrected chi connectivity index (χ2v) is 6.62. The molecule has 0 spiro atoms. The molecule has 0 amide bonds. The summed E-state index contributed by atoms with van der Waals surface area (Å²) in [5.41, 5.74) is -0.146. The molecule has 0 saturated carbocycles. The highest BCUT2D eigenvalue weighted by Crippen LogP contribution is 2.29. The number of hydrogen-bond acceptors (Lipinski definition) is 5. The summed E-state index contributed by atoms with van der Waals surface area (Å²) in [6.07, 6.45) is 0. The first kappa shape index (κ1) is 16.8. The van der Waals surface area contributed by atoms with E-state index in [0.717, 1.165) is 12.1 Å². The van der Waals surface area contributed by atoms with Crippen molar-refractivity contribution in [3.8, 4) is 0 Å². The number of halogens is 1. The number of benzene rings is 1. The van der Waals surface area contributed by atoms with Crippen LogP contribution in [-0.4, -0.2) is 31.6 Å². The lowest BCUT2D eigenvalue weighted by atomic mass is 10.2. The van der Waals surface area contributed by atoms with Crippen molar-refractivity contribution < 1.29 is 18.4 Å². The number of nitrogens with one attached hydrogen (secondary N) is 1. The maximum Gasteiger partial charge on any atom is 0.275 e. The quantitative estimate of drug-likeness (QED) is 0.608. The summed E-state index contributed by atoms with van der Waals surface area (Å²) in [6.45, 7) is 2.96. The van der Waals surface area contributed by atoms with Gasteiger partial charge in [0.2, 0.25) is 10.0 Å². The van der Waals surface area contributed by atoms with Crippen LogP contribution in [0.2, 0.25) is 5.02 Å². The van der Waals surface area contributed by atoms with Crippen LogP contribution >= 0.6 is 11.6 Å². The van der Waals surface area contributed by atoms with E-state index in [2.05, 4.69) is 4.72 Å². The molecule has 1 atom stereocenters. The Hall–Kier alpha value is -1.22. The van der Waals surface area contributed by atoms with Crippen LogP contribution in [0, 0.1) is 23.0 Å². The first-order chi connectivity index (χ1) is 9.19. The predicted octanol–water partition coefficient (Wildman–Crippen LogP) is 1.46. The fraction of sp³-hybridized carbons (Fsp3) is 0.455. The van der Waals surface area contributed by atoms with Gasteiger partial charge in [-0.25, -0.2) is 13.1 Å². The van der Waals surface area contributed by atoms with Crippen LogP contribution in [0.4, 0.5) is 5.69 Å².